The third-order valence-electron chi connectivity index (χ3n) is 2.42. The van der Waals surface area contributed by atoms with E-state index in [0.29, 0.717) is 26.2 Å². The van der Waals surface area contributed by atoms with E-state index in [2.05, 4.69) is 17.5 Å². The van der Waals surface area contributed by atoms with Gasteiger partial charge >= 0.3 is 0 Å². The molecule has 1 aliphatic carbocycles. The van der Waals surface area contributed by atoms with Crippen molar-refractivity contribution in [2.24, 2.45) is 0 Å². The van der Waals surface area contributed by atoms with Gasteiger partial charge in [0.2, 0.25) is 5.91 Å². The maximum Gasteiger partial charge on any atom is 0.219 e. The molecule has 0 atom stereocenters. The summed E-state index contributed by atoms with van der Waals surface area (Å²) in [5.74, 6) is 0.910. The van der Waals surface area contributed by atoms with E-state index in [1.807, 2.05) is 32.1 Å². The average molecular weight is 281 g/mol. The van der Waals surface area contributed by atoms with Crippen molar-refractivity contribution in [3.05, 3.63) is 36.1 Å². The standard InChI is InChI=1S/C14H21NO3.C2H6/c1-15-14(16)9-6-10-17-11-12-18-13-7-4-2-3-5-8-13;1-2/h2,4-5,7-8H,3,6,9-12H2,1H3,(H,15,16);1-2H3. The SMILES string of the molecule is CC.CNC(=O)CCCOCCOC1=CC=CCC=C1. The molecule has 0 aliphatic heterocycles. The molecule has 0 heterocycles. The first-order chi connectivity index (χ1) is 9.83. The Kier molecular flexibility index (Phi) is 12.8. The fourth-order valence-electron chi connectivity index (χ4n) is 1.44. The van der Waals surface area contributed by atoms with E-state index in [4.69, 9.17) is 9.47 Å². The Bertz CT molecular complexity index is 333. The topological polar surface area (TPSA) is 47.6 Å². The van der Waals surface area contributed by atoms with Crippen LogP contribution in [0.1, 0.15) is 33.1 Å². The van der Waals surface area contributed by atoms with Gasteiger partial charge in [-0.3, -0.25) is 4.79 Å². The molecule has 0 aromatic heterocycles. The molecule has 0 unspecified atom stereocenters. The predicted octanol–water partition coefficient (Wildman–Crippen LogP) is 2.97. The van der Waals surface area contributed by atoms with Crippen LogP contribution in [-0.2, 0) is 14.3 Å². The molecule has 0 radical (unpaired) electrons. The lowest BCUT2D eigenvalue weighted by Crippen LogP contribution is -2.18. The third kappa shape index (κ3) is 10.4. The first-order valence-electron chi connectivity index (χ1n) is 7.27. The van der Waals surface area contributed by atoms with Crippen LogP contribution in [0.4, 0.5) is 0 Å². The lowest BCUT2D eigenvalue weighted by atomic mass is 10.3. The van der Waals surface area contributed by atoms with Crippen LogP contribution >= 0.6 is 0 Å². The van der Waals surface area contributed by atoms with Crippen molar-refractivity contribution >= 4 is 5.91 Å². The summed E-state index contributed by atoms with van der Waals surface area (Å²) in [5, 5.41) is 2.58. The van der Waals surface area contributed by atoms with E-state index in [-0.39, 0.29) is 5.91 Å². The lowest BCUT2D eigenvalue weighted by Gasteiger charge is -2.07. The van der Waals surface area contributed by atoms with Crippen molar-refractivity contribution in [3.63, 3.8) is 0 Å². The van der Waals surface area contributed by atoms with Crippen LogP contribution in [-0.4, -0.2) is 32.8 Å². The quantitative estimate of drug-likeness (QED) is 0.696. The van der Waals surface area contributed by atoms with Crippen LogP contribution in [0.25, 0.3) is 0 Å². The molecule has 0 spiro atoms. The highest BCUT2D eigenvalue weighted by Crippen LogP contribution is 2.05. The van der Waals surface area contributed by atoms with Crippen molar-refractivity contribution in [1.82, 2.24) is 5.32 Å². The second-order valence-electron chi connectivity index (χ2n) is 3.87. The summed E-state index contributed by atoms with van der Waals surface area (Å²) < 4.78 is 10.9. The number of ether oxygens (including phenoxy) is 2. The first-order valence-corrected chi connectivity index (χ1v) is 7.27. The number of carbonyl (C=O) groups is 1. The lowest BCUT2D eigenvalue weighted by molar-refractivity contribution is -0.120. The maximum absolute atomic E-state index is 10.9. The third-order valence-corrected chi connectivity index (χ3v) is 2.42. The van der Waals surface area contributed by atoms with E-state index in [0.717, 1.165) is 18.6 Å². The number of hydrogen-bond donors (Lipinski definition) is 1. The second kappa shape index (κ2) is 13.9. The zero-order valence-corrected chi connectivity index (χ0v) is 12.9. The summed E-state index contributed by atoms with van der Waals surface area (Å²) in [4.78, 5) is 10.9. The van der Waals surface area contributed by atoms with E-state index >= 15 is 0 Å². The maximum atomic E-state index is 10.9. The molecule has 4 nitrogen and oxygen atoms in total. The highest BCUT2D eigenvalue weighted by molar-refractivity contribution is 5.75. The molecule has 0 saturated heterocycles. The Balaban J connectivity index is 0.00000172. The van der Waals surface area contributed by atoms with Crippen molar-refractivity contribution in [2.75, 3.05) is 26.9 Å². The van der Waals surface area contributed by atoms with E-state index < -0.39 is 0 Å². The molecule has 0 bridgehead atoms. The van der Waals surface area contributed by atoms with Gasteiger partial charge in [0.15, 0.2) is 0 Å². The van der Waals surface area contributed by atoms with Gasteiger partial charge in [0.25, 0.3) is 0 Å². The molecule has 0 fully saturated rings. The van der Waals surface area contributed by atoms with Crippen LogP contribution in [0.3, 0.4) is 0 Å². The molecule has 4 heteroatoms. The molecule has 1 aliphatic rings. The van der Waals surface area contributed by atoms with E-state index in [1.165, 1.54) is 0 Å². The number of rotatable bonds is 8. The molecule has 0 aromatic carbocycles. The Morgan fingerprint density at radius 2 is 2.05 bits per heavy atom. The Morgan fingerprint density at radius 1 is 1.25 bits per heavy atom. The van der Waals surface area contributed by atoms with Gasteiger partial charge in [0.1, 0.15) is 12.4 Å². The monoisotopic (exact) mass is 281 g/mol. The Hall–Kier alpha value is -1.55. The van der Waals surface area contributed by atoms with Crippen molar-refractivity contribution in [1.29, 1.82) is 0 Å². The summed E-state index contributed by atoms with van der Waals surface area (Å²) in [6.45, 7) is 5.66. The number of allylic oxidation sites excluding steroid dienone is 5. The molecule has 1 amide bonds. The smallest absolute Gasteiger partial charge is 0.219 e. The summed E-state index contributed by atoms with van der Waals surface area (Å²) in [6.07, 6.45) is 12.2. The predicted molar refractivity (Wildman–Crippen MR) is 82.4 cm³/mol. The van der Waals surface area contributed by atoms with Crippen LogP contribution in [0.15, 0.2) is 36.1 Å². The molecular formula is C16H27NO3. The van der Waals surface area contributed by atoms with Gasteiger partial charge in [-0.2, -0.15) is 0 Å². The molecule has 0 saturated carbocycles. The van der Waals surface area contributed by atoms with Crippen LogP contribution in [0.5, 0.6) is 0 Å². The Labute approximate surface area is 122 Å². The Morgan fingerprint density at radius 3 is 2.80 bits per heavy atom. The van der Waals surface area contributed by atoms with E-state index in [1.54, 1.807) is 7.05 Å². The van der Waals surface area contributed by atoms with E-state index in [9.17, 15) is 4.79 Å². The molecule has 1 rings (SSSR count). The highest BCUT2D eigenvalue weighted by atomic mass is 16.5. The minimum atomic E-state index is 0.0513. The van der Waals surface area contributed by atoms with Crippen molar-refractivity contribution in [3.8, 4) is 0 Å². The minimum Gasteiger partial charge on any atom is -0.491 e. The van der Waals surface area contributed by atoms with Gasteiger partial charge in [0.05, 0.1) is 6.61 Å². The molecule has 0 aromatic rings. The molecule has 114 valence electrons. The van der Waals surface area contributed by atoms with Crippen LogP contribution < -0.4 is 5.32 Å². The fraction of sp³-hybridized carbons (Fsp3) is 0.562. The number of nitrogens with one attached hydrogen (secondary N) is 1. The van der Waals surface area contributed by atoms with Gasteiger partial charge in [-0.1, -0.05) is 32.1 Å². The first kappa shape index (κ1) is 18.4. The summed E-state index contributed by atoms with van der Waals surface area (Å²) >= 11 is 0. The molecular weight excluding hydrogens is 254 g/mol. The minimum absolute atomic E-state index is 0.0513. The largest absolute Gasteiger partial charge is 0.491 e. The van der Waals surface area contributed by atoms with Gasteiger partial charge in [-0.25, -0.2) is 0 Å². The van der Waals surface area contributed by atoms with Gasteiger partial charge in [-0.05, 0) is 25.0 Å². The summed E-state index contributed by atoms with van der Waals surface area (Å²) in [5.41, 5.74) is 0. The van der Waals surface area contributed by atoms with Crippen molar-refractivity contribution in [2.45, 2.75) is 33.1 Å². The molecule has 1 N–H and O–H groups in total. The number of amides is 1. The average Bonchev–Trinajstić information content (AvgIpc) is 2.76. The van der Waals surface area contributed by atoms with Crippen molar-refractivity contribution < 1.29 is 14.3 Å². The van der Waals surface area contributed by atoms with Gasteiger partial charge in [0, 0.05) is 20.1 Å². The molecule has 20 heavy (non-hydrogen) atoms. The zero-order valence-electron chi connectivity index (χ0n) is 12.9. The second-order valence-corrected chi connectivity index (χ2v) is 3.87. The number of carbonyl (C=O) groups excluding carboxylic acids is 1. The normalized spacial score (nSPS) is 12.8. The van der Waals surface area contributed by atoms with Gasteiger partial charge < -0.3 is 14.8 Å². The van der Waals surface area contributed by atoms with Crippen LogP contribution in [0, 0.1) is 0 Å². The zero-order chi connectivity index (χ0) is 15.1. The number of hydrogen-bond acceptors (Lipinski definition) is 3. The fourth-order valence-corrected chi connectivity index (χ4v) is 1.44. The highest BCUT2D eigenvalue weighted by Gasteiger charge is 1.98. The summed E-state index contributed by atoms with van der Waals surface area (Å²) in [6, 6.07) is 0. The summed E-state index contributed by atoms with van der Waals surface area (Å²) in [7, 11) is 1.64. The van der Waals surface area contributed by atoms with Crippen LogP contribution in [0.2, 0.25) is 0 Å². The van der Waals surface area contributed by atoms with Gasteiger partial charge in [-0.15, -0.1) is 0 Å².